The van der Waals surface area contributed by atoms with Crippen LogP contribution in [0, 0.1) is 0 Å². The molecule has 2 N–H and O–H groups in total. The summed E-state index contributed by atoms with van der Waals surface area (Å²) >= 11 is 3.23. The molecule has 0 aromatic heterocycles. The Balaban J connectivity index is 2.20. The van der Waals surface area contributed by atoms with Crippen molar-refractivity contribution < 1.29 is 19.4 Å². The highest BCUT2D eigenvalue weighted by molar-refractivity contribution is 9.10. The Hall–Kier alpha value is -1.47. The first kappa shape index (κ1) is 17.9. The number of rotatable bonds is 6. The number of carbonyl (C=O) groups excluding carboxylic acids is 1. The Morgan fingerprint density at radius 3 is 2.83 bits per heavy atom. The number of aromatic hydroxyl groups is 1. The van der Waals surface area contributed by atoms with Gasteiger partial charge in [0.05, 0.1) is 18.7 Å². The number of benzene rings is 1. The smallest absolute Gasteiger partial charge is 0.259 e. The van der Waals surface area contributed by atoms with Crippen molar-refractivity contribution >= 4 is 21.8 Å². The molecule has 1 aliphatic heterocycles. The van der Waals surface area contributed by atoms with E-state index in [0.29, 0.717) is 22.8 Å². The first-order valence-electron chi connectivity index (χ1n) is 7.69. The molecule has 0 unspecified atom stereocenters. The fourth-order valence-corrected chi connectivity index (χ4v) is 3.41. The second kappa shape index (κ2) is 7.88. The lowest BCUT2D eigenvalue weighted by atomic mass is 10.1. The van der Waals surface area contributed by atoms with Gasteiger partial charge in [-0.25, -0.2) is 0 Å². The molecule has 1 fully saturated rings. The summed E-state index contributed by atoms with van der Waals surface area (Å²) in [5, 5.41) is 13.1. The standard InChI is InChI=1S/C16H23BrN2O4/c1-4-19-7-5-6-10(19)9-18-16(21)13-14(20)11(17)8-12(22-2)15(13)23-3/h8,10,20H,4-7,9H2,1-3H3,(H,18,21)/t10-/m0/s1/i17-4. The van der Waals surface area contributed by atoms with E-state index in [0.717, 1.165) is 25.9 Å². The number of methoxy groups -OCH3 is 2. The van der Waals surface area contributed by atoms with Crippen molar-refractivity contribution in [3.8, 4) is 17.2 Å². The van der Waals surface area contributed by atoms with Gasteiger partial charge in [-0.2, -0.15) is 0 Å². The molecule has 23 heavy (non-hydrogen) atoms. The molecule has 0 aliphatic carbocycles. The monoisotopic (exact) mass is 383 g/mol. The van der Waals surface area contributed by atoms with Crippen molar-refractivity contribution in [3.05, 3.63) is 16.1 Å². The van der Waals surface area contributed by atoms with E-state index in [1.165, 1.54) is 14.2 Å². The molecule has 1 amide bonds. The van der Waals surface area contributed by atoms with E-state index in [1.807, 2.05) is 0 Å². The van der Waals surface area contributed by atoms with Gasteiger partial charge in [-0.15, -0.1) is 0 Å². The zero-order valence-electron chi connectivity index (χ0n) is 13.7. The number of phenolic OH excluding ortho intramolecular Hbond substituents is 1. The minimum atomic E-state index is -0.373. The third kappa shape index (κ3) is 3.72. The number of carbonyl (C=O) groups is 1. The minimum Gasteiger partial charge on any atom is -0.506 e. The van der Waals surface area contributed by atoms with Crippen molar-refractivity contribution in [2.24, 2.45) is 0 Å². The van der Waals surface area contributed by atoms with Crippen LogP contribution in [0.15, 0.2) is 10.5 Å². The van der Waals surface area contributed by atoms with Crippen LogP contribution in [-0.4, -0.2) is 55.8 Å². The summed E-state index contributed by atoms with van der Waals surface area (Å²) in [7, 11) is 2.93. The normalized spacial score (nSPS) is 18.0. The van der Waals surface area contributed by atoms with Gasteiger partial charge < -0.3 is 19.9 Å². The second-order valence-electron chi connectivity index (χ2n) is 5.45. The van der Waals surface area contributed by atoms with Crippen LogP contribution < -0.4 is 14.8 Å². The average Bonchev–Trinajstić information content (AvgIpc) is 3.01. The highest BCUT2D eigenvalue weighted by Gasteiger charge is 2.27. The van der Waals surface area contributed by atoms with Crippen LogP contribution in [0.2, 0.25) is 0 Å². The molecular weight excluding hydrogens is 360 g/mol. The predicted molar refractivity (Wildman–Crippen MR) is 91.5 cm³/mol. The predicted octanol–water partition coefficient (Wildman–Crippen LogP) is 2.39. The maximum Gasteiger partial charge on any atom is 0.259 e. The van der Waals surface area contributed by atoms with E-state index in [9.17, 15) is 9.90 Å². The Morgan fingerprint density at radius 1 is 1.48 bits per heavy atom. The third-order valence-electron chi connectivity index (χ3n) is 4.23. The molecule has 7 heteroatoms. The summed E-state index contributed by atoms with van der Waals surface area (Å²) in [5.74, 6) is 0.0867. The first-order valence-corrected chi connectivity index (χ1v) is 8.48. The Bertz CT molecular complexity index is 580. The third-order valence-corrected chi connectivity index (χ3v) is 4.83. The van der Waals surface area contributed by atoms with Gasteiger partial charge in [0, 0.05) is 18.7 Å². The van der Waals surface area contributed by atoms with Crippen LogP contribution in [0.3, 0.4) is 0 Å². The fraction of sp³-hybridized carbons (Fsp3) is 0.562. The quantitative estimate of drug-likeness (QED) is 0.790. The van der Waals surface area contributed by atoms with Gasteiger partial charge >= 0.3 is 0 Å². The van der Waals surface area contributed by atoms with Gasteiger partial charge in [0.15, 0.2) is 11.5 Å². The van der Waals surface area contributed by atoms with Crippen molar-refractivity contribution in [3.63, 3.8) is 0 Å². The van der Waals surface area contributed by atoms with E-state index in [1.54, 1.807) is 6.07 Å². The fourth-order valence-electron chi connectivity index (χ4n) is 3.01. The number of likely N-dealkylation sites (tertiary alicyclic amines) is 1. The number of halogens is 1. The lowest BCUT2D eigenvalue weighted by Crippen LogP contribution is -2.40. The van der Waals surface area contributed by atoms with Gasteiger partial charge in [-0.05, 0) is 41.9 Å². The summed E-state index contributed by atoms with van der Waals surface area (Å²) < 4.78 is 10.9. The molecule has 6 nitrogen and oxygen atoms in total. The summed E-state index contributed by atoms with van der Waals surface area (Å²) in [5.41, 5.74) is 0.0831. The van der Waals surface area contributed by atoms with Crippen molar-refractivity contribution in [2.45, 2.75) is 25.8 Å². The molecule has 0 bridgehead atoms. The highest BCUT2D eigenvalue weighted by atomic mass is 75.9. The highest BCUT2D eigenvalue weighted by Crippen LogP contribution is 2.42. The minimum absolute atomic E-state index is 0.0831. The molecule has 128 valence electrons. The van der Waals surface area contributed by atoms with E-state index in [4.69, 9.17) is 9.47 Å². The Kier molecular flexibility index (Phi) is 6.12. The second-order valence-corrected chi connectivity index (χ2v) is 6.31. The maximum atomic E-state index is 12.6. The van der Waals surface area contributed by atoms with Crippen molar-refractivity contribution in [1.29, 1.82) is 0 Å². The van der Waals surface area contributed by atoms with Gasteiger partial charge in [0.2, 0.25) is 0 Å². The first-order chi connectivity index (χ1) is 11.0. The Morgan fingerprint density at radius 2 is 2.22 bits per heavy atom. The van der Waals surface area contributed by atoms with Crippen LogP contribution in [0.1, 0.15) is 30.1 Å². The summed E-state index contributed by atoms with van der Waals surface area (Å²) in [6, 6.07) is 1.91. The molecule has 1 aromatic carbocycles. The molecule has 1 aromatic rings. The number of hydrogen-bond acceptors (Lipinski definition) is 5. The molecular formula is C16H23BrN2O4. The SMILES string of the molecule is CCN1CCC[C@H]1CNC(=O)c1c(O)c([76Br])cc(OC)c1OC. The zero-order chi connectivity index (χ0) is 17.0. The molecule has 0 spiro atoms. The number of nitrogens with one attached hydrogen (secondary N) is 1. The number of hydrogen-bond donors (Lipinski definition) is 2. The number of nitrogens with zero attached hydrogens (tertiary/aromatic N) is 1. The topological polar surface area (TPSA) is 71.0 Å². The van der Waals surface area contributed by atoms with Crippen LogP contribution in [-0.2, 0) is 0 Å². The molecule has 1 saturated heterocycles. The van der Waals surface area contributed by atoms with Gasteiger partial charge in [-0.3, -0.25) is 9.69 Å². The number of ether oxygens (including phenoxy) is 2. The van der Waals surface area contributed by atoms with Crippen LogP contribution >= 0.6 is 15.9 Å². The van der Waals surface area contributed by atoms with E-state index in [2.05, 4.69) is 33.1 Å². The maximum absolute atomic E-state index is 12.6. The lowest BCUT2D eigenvalue weighted by Gasteiger charge is -2.23. The average molecular weight is 383 g/mol. The summed E-state index contributed by atoms with van der Waals surface area (Å²) in [6.45, 7) is 4.70. The number of likely N-dealkylation sites (N-methyl/N-ethyl adjacent to an activating group) is 1. The van der Waals surface area contributed by atoms with Gasteiger partial charge in [-0.1, -0.05) is 6.92 Å². The molecule has 1 atom stereocenters. The van der Waals surface area contributed by atoms with Crippen LogP contribution in [0.25, 0.3) is 0 Å². The molecule has 1 heterocycles. The number of amides is 1. The van der Waals surface area contributed by atoms with Gasteiger partial charge in [0.25, 0.3) is 5.91 Å². The van der Waals surface area contributed by atoms with Crippen molar-refractivity contribution in [1.82, 2.24) is 10.2 Å². The van der Waals surface area contributed by atoms with E-state index >= 15 is 0 Å². The summed E-state index contributed by atoms with van der Waals surface area (Å²) in [6.07, 6.45) is 2.21. The van der Waals surface area contributed by atoms with Crippen LogP contribution in [0.4, 0.5) is 0 Å². The Labute approximate surface area is 144 Å². The zero-order valence-corrected chi connectivity index (χ0v) is 15.3. The largest absolute Gasteiger partial charge is 0.506 e. The summed E-state index contributed by atoms with van der Waals surface area (Å²) in [4.78, 5) is 14.9. The van der Waals surface area contributed by atoms with Crippen molar-refractivity contribution in [2.75, 3.05) is 33.9 Å². The molecule has 0 radical (unpaired) electrons. The molecule has 2 rings (SSSR count). The van der Waals surface area contributed by atoms with E-state index < -0.39 is 0 Å². The molecule has 0 saturated carbocycles. The molecule has 1 aliphatic rings. The van der Waals surface area contributed by atoms with Gasteiger partial charge in [0.1, 0.15) is 11.3 Å². The van der Waals surface area contributed by atoms with Crippen LogP contribution in [0.5, 0.6) is 17.2 Å². The lowest BCUT2D eigenvalue weighted by molar-refractivity contribution is 0.0934. The van der Waals surface area contributed by atoms with E-state index in [-0.39, 0.29) is 23.0 Å². The number of phenols is 1.